The Morgan fingerprint density at radius 3 is 2.24 bits per heavy atom. The lowest BCUT2D eigenvalue weighted by atomic mass is 9.77. The topological polar surface area (TPSA) is 75.9 Å². The highest BCUT2D eigenvalue weighted by Crippen LogP contribution is 2.41. The van der Waals surface area contributed by atoms with Crippen LogP contribution in [-0.2, 0) is 22.0 Å². The maximum atomic E-state index is 12.5. The second kappa shape index (κ2) is 12.5. The molecule has 1 heterocycles. The van der Waals surface area contributed by atoms with Gasteiger partial charge < -0.3 is 4.74 Å². The Labute approximate surface area is 217 Å². The third kappa shape index (κ3) is 6.79. The first kappa shape index (κ1) is 30.5. The van der Waals surface area contributed by atoms with E-state index in [4.69, 9.17) is 10.6 Å². The van der Waals surface area contributed by atoms with Crippen LogP contribution in [0.2, 0.25) is 0 Å². The lowest BCUT2D eigenvalue weighted by molar-refractivity contribution is 0.0417. The first-order valence-corrected chi connectivity index (χ1v) is 13.3. The van der Waals surface area contributed by atoms with Crippen molar-refractivity contribution in [2.75, 3.05) is 17.1 Å². The fourth-order valence-electron chi connectivity index (χ4n) is 4.81. The van der Waals surface area contributed by atoms with E-state index < -0.39 is 10.0 Å². The van der Waals surface area contributed by atoms with E-state index in [0.717, 1.165) is 37.1 Å². The highest BCUT2D eigenvalue weighted by Gasteiger charge is 2.40. The van der Waals surface area contributed by atoms with Crippen molar-refractivity contribution in [3.05, 3.63) is 59.7 Å². The smallest absolute Gasteiger partial charge is 0.232 e. The van der Waals surface area contributed by atoms with Crippen LogP contribution < -0.4 is 14.9 Å². The number of piperidine rings is 1. The molecule has 1 unspecified atom stereocenters. The number of anilines is 1. The second-order valence-corrected chi connectivity index (χ2v) is 11.2. The molecule has 34 heavy (non-hydrogen) atoms. The van der Waals surface area contributed by atoms with Crippen molar-refractivity contribution in [3.8, 4) is 5.75 Å². The molecule has 1 saturated heterocycles. The van der Waals surface area contributed by atoms with Gasteiger partial charge in [0.2, 0.25) is 10.0 Å². The molecule has 0 spiro atoms. The van der Waals surface area contributed by atoms with E-state index in [1.165, 1.54) is 16.1 Å². The largest absolute Gasteiger partial charge is 0.491 e. The van der Waals surface area contributed by atoms with E-state index >= 15 is 0 Å². The number of nitrogens with two attached hydrogens (primary N) is 1. The molecule has 0 radical (unpaired) electrons. The molecule has 2 N–H and O–H groups in total. The Balaban J connectivity index is 0.00000289. The molecule has 2 aromatic carbocycles. The third-order valence-electron chi connectivity index (χ3n) is 6.07. The summed E-state index contributed by atoms with van der Waals surface area (Å²) in [5, 5.41) is 1.97. The maximum Gasteiger partial charge on any atom is 0.232 e. The monoisotopic (exact) mass is 531 g/mol. The maximum absolute atomic E-state index is 12.5. The number of ether oxygens (including phenoxy) is 1. The van der Waals surface area contributed by atoms with Crippen molar-refractivity contribution in [1.29, 1.82) is 0 Å². The summed E-state index contributed by atoms with van der Waals surface area (Å²) in [4.78, 5) is 0. The van der Waals surface area contributed by atoms with Gasteiger partial charge in [-0.05, 0) is 82.7 Å². The van der Waals surface area contributed by atoms with Gasteiger partial charge in [0.15, 0.2) is 0 Å². The fraction of sp³-hybridized carbons (Fsp3) is 0.520. The van der Waals surface area contributed by atoms with Crippen molar-refractivity contribution < 1.29 is 13.2 Å². The molecule has 9 heteroatoms. The zero-order valence-corrected chi connectivity index (χ0v) is 23.2. The first-order chi connectivity index (χ1) is 15.0. The molecule has 1 aliphatic heterocycles. The minimum atomic E-state index is -3.42. The van der Waals surface area contributed by atoms with Gasteiger partial charge in [0.05, 0.1) is 23.6 Å². The van der Waals surface area contributed by atoms with Gasteiger partial charge in [0, 0.05) is 12.6 Å². The molecule has 0 aromatic heterocycles. The van der Waals surface area contributed by atoms with Crippen LogP contribution in [0, 0.1) is 0 Å². The Morgan fingerprint density at radius 1 is 1.06 bits per heavy atom. The fourth-order valence-corrected chi connectivity index (χ4v) is 6.07. The molecule has 3 rings (SSSR count). The third-order valence-corrected chi connectivity index (χ3v) is 7.42. The quantitative estimate of drug-likeness (QED) is 0.468. The molecule has 0 aliphatic carbocycles. The Kier molecular flexibility index (Phi) is 11.2. The molecule has 1 fully saturated rings. The van der Waals surface area contributed by atoms with Crippen molar-refractivity contribution in [2.45, 2.75) is 71.1 Å². The van der Waals surface area contributed by atoms with Gasteiger partial charge in [0.1, 0.15) is 5.75 Å². The van der Waals surface area contributed by atoms with E-state index in [1.54, 1.807) is 0 Å². The van der Waals surface area contributed by atoms with Gasteiger partial charge >= 0.3 is 0 Å². The second-order valence-electron chi connectivity index (χ2n) is 9.34. The van der Waals surface area contributed by atoms with Crippen molar-refractivity contribution >= 4 is 40.5 Å². The van der Waals surface area contributed by atoms with Crippen LogP contribution in [0.5, 0.6) is 5.75 Å². The summed E-state index contributed by atoms with van der Waals surface area (Å²) in [6, 6.07) is 15.9. The standard InChI is InChI=1S/C25H37N3O3S.2ClH/c1-19(2)28(32(5,29)30)23-13-14-24(31-20(3)4)21(17-23)18-25(15-9-10-16-27(25)26)22-11-7-6-8-12-22;;/h6-8,11-14,17,19-20H,9-10,15-16,18,26H2,1-5H3;2*1H. The Hall–Kier alpha value is -1.51. The predicted octanol–water partition coefficient (Wildman–Crippen LogP) is 5.29. The minimum absolute atomic E-state index is 0. The van der Waals surface area contributed by atoms with Crippen LogP contribution in [0.1, 0.15) is 58.1 Å². The summed E-state index contributed by atoms with van der Waals surface area (Å²) in [5.74, 6) is 7.42. The van der Waals surface area contributed by atoms with Gasteiger partial charge in [-0.1, -0.05) is 30.3 Å². The van der Waals surface area contributed by atoms with Crippen LogP contribution >= 0.6 is 24.8 Å². The Bertz CT molecular complexity index is 1020. The normalized spacial score (nSPS) is 18.8. The lowest BCUT2D eigenvalue weighted by Crippen LogP contribution is -2.54. The van der Waals surface area contributed by atoms with E-state index in [0.29, 0.717) is 12.1 Å². The molecule has 0 amide bonds. The average molecular weight is 533 g/mol. The molecule has 0 saturated carbocycles. The predicted molar refractivity (Wildman–Crippen MR) is 146 cm³/mol. The zero-order chi connectivity index (χ0) is 23.5. The first-order valence-electron chi connectivity index (χ1n) is 11.4. The number of sulfonamides is 1. The van der Waals surface area contributed by atoms with E-state index in [-0.39, 0.29) is 42.5 Å². The number of hydrogen-bond acceptors (Lipinski definition) is 5. The van der Waals surface area contributed by atoms with E-state index in [2.05, 4.69) is 12.1 Å². The van der Waals surface area contributed by atoms with Crippen LogP contribution in [0.3, 0.4) is 0 Å². The Morgan fingerprint density at radius 2 is 1.71 bits per heavy atom. The number of hydrazine groups is 1. The van der Waals surface area contributed by atoms with Gasteiger partial charge in [-0.3, -0.25) is 10.1 Å². The molecular formula is C25H39Cl2N3O3S. The van der Waals surface area contributed by atoms with Gasteiger partial charge in [-0.2, -0.15) is 0 Å². The van der Waals surface area contributed by atoms with Crippen molar-refractivity contribution in [2.24, 2.45) is 5.84 Å². The minimum Gasteiger partial charge on any atom is -0.491 e. The SMILES string of the molecule is CC(C)Oc1ccc(N(C(C)C)S(C)(=O)=O)cc1CC1(c2ccccc2)CCCCN1N.Cl.Cl. The zero-order valence-electron chi connectivity index (χ0n) is 20.7. The number of rotatable bonds is 8. The molecular weight excluding hydrogens is 493 g/mol. The van der Waals surface area contributed by atoms with Crippen LogP contribution in [0.4, 0.5) is 5.69 Å². The molecule has 2 aromatic rings. The van der Waals surface area contributed by atoms with Crippen molar-refractivity contribution in [1.82, 2.24) is 5.01 Å². The van der Waals surface area contributed by atoms with Gasteiger partial charge in [-0.25, -0.2) is 13.4 Å². The van der Waals surface area contributed by atoms with Crippen LogP contribution in [0.15, 0.2) is 48.5 Å². The summed E-state index contributed by atoms with van der Waals surface area (Å²) in [7, 11) is -3.42. The van der Waals surface area contributed by atoms with Crippen LogP contribution in [0.25, 0.3) is 0 Å². The number of hydrogen-bond donors (Lipinski definition) is 1. The molecule has 6 nitrogen and oxygen atoms in total. The molecule has 1 atom stereocenters. The summed E-state index contributed by atoms with van der Waals surface area (Å²) in [6.45, 7) is 8.58. The lowest BCUT2D eigenvalue weighted by Gasteiger charge is -2.46. The van der Waals surface area contributed by atoms with Gasteiger partial charge in [0.25, 0.3) is 0 Å². The highest BCUT2D eigenvalue weighted by atomic mass is 35.5. The summed E-state index contributed by atoms with van der Waals surface area (Å²) in [6.07, 6.45) is 4.97. The molecule has 192 valence electrons. The van der Waals surface area contributed by atoms with Crippen LogP contribution in [-0.4, -0.2) is 38.4 Å². The number of nitrogens with zero attached hydrogens (tertiary/aromatic N) is 2. The van der Waals surface area contributed by atoms with Crippen molar-refractivity contribution in [3.63, 3.8) is 0 Å². The summed E-state index contributed by atoms with van der Waals surface area (Å²) in [5.41, 5.74) is 2.41. The van der Waals surface area contributed by atoms with Gasteiger partial charge in [-0.15, -0.1) is 24.8 Å². The molecule has 1 aliphatic rings. The highest BCUT2D eigenvalue weighted by molar-refractivity contribution is 7.92. The number of benzene rings is 2. The average Bonchev–Trinajstić information content (AvgIpc) is 2.70. The van der Waals surface area contributed by atoms with E-state index in [9.17, 15) is 8.42 Å². The summed E-state index contributed by atoms with van der Waals surface area (Å²) < 4.78 is 32.7. The molecule has 0 bridgehead atoms. The number of halogens is 2. The van der Waals surface area contributed by atoms with E-state index in [1.807, 2.05) is 69.1 Å². The summed E-state index contributed by atoms with van der Waals surface area (Å²) >= 11 is 0.